The quantitative estimate of drug-likeness (QED) is 0.724. The second-order valence-corrected chi connectivity index (χ2v) is 5.55. The Labute approximate surface area is 91.4 Å². The fourth-order valence-electron chi connectivity index (χ4n) is 1.11. The number of hydrogen-bond donors (Lipinski definition) is 2. The molecule has 1 aromatic rings. The Morgan fingerprint density at radius 2 is 2.21 bits per heavy atom. The van der Waals surface area contributed by atoms with Gasteiger partial charge in [0.05, 0.1) is 5.01 Å². The topological polar surface area (TPSA) is 49.3 Å². The van der Waals surface area contributed by atoms with Crippen LogP contribution in [0.2, 0.25) is 0 Å². The lowest BCUT2D eigenvalue weighted by Gasteiger charge is -2.16. The number of guanidine groups is 1. The highest BCUT2D eigenvalue weighted by Crippen LogP contribution is 2.33. The van der Waals surface area contributed by atoms with Gasteiger partial charge in [0.15, 0.2) is 5.82 Å². The standard InChI is InChI=1S/C8H12N4S2/c1-4(2)9-8-11-6-7(14-12-8)13-5(3)10-6/h4H,1-3H3,(H2,9,11,12). The number of rotatable bonds is 1. The van der Waals surface area contributed by atoms with Crippen molar-refractivity contribution in [3.8, 4) is 0 Å². The van der Waals surface area contributed by atoms with E-state index in [4.69, 9.17) is 0 Å². The van der Waals surface area contributed by atoms with Crippen LogP contribution in [0, 0.1) is 6.92 Å². The average Bonchev–Trinajstić information content (AvgIpc) is 2.42. The van der Waals surface area contributed by atoms with E-state index in [9.17, 15) is 0 Å². The van der Waals surface area contributed by atoms with Crippen LogP contribution in [0.15, 0.2) is 9.20 Å². The lowest BCUT2D eigenvalue weighted by Crippen LogP contribution is -2.30. The monoisotopic (exact) mass is 228 g/mol. The lowest BCUT2D eigenvalue weighted by atomic mass is 10.4. The van der Waals surface area contributed by atoms with Crippen LogP contribution in [-0.4, -0.2) is 17.0 Å². The Bertz CT molecular complexity index is 369. The zero-order valence-electron chi connectivity index (χ0n) is 8.29. The summed E-state index contributed by atoms with van der Waals surface area (Å²) in [5.74, 6) is 1.72. The van der Waals surface area contributed by atoms with Crippen molar-refractivity contribution in [3.63, 3.8) is 0 Å². The van der Waals surface area contributed by atoms with Crippen LogP contribution in [0.4, 0.5) is 5.82 Å². The van der Waals surface area contributed by atoms with E-state index in [0.29, 0.717) is 0 Å². The molecule has 0 radical (unpaired) electrons. The van der Waals surface area contributed by atoms with Gasteiger partial charge in [-0.05, 0) is 20.8 Å². The zero-order chi connectivity index (χ0) is 10.1. The molecule has 0 atom stereocenters. The van der Waals surface area contributed by atoms with E-state index in [1.165, 1.54) is 4.21 Å². The fraction of sp³-hybridized carbons (Fsp3) is 0.500. The zero-order valence-corrected chi connectivity index (χ0v) is 9.92. The SMILES string of the molecule is Cc1nc2c(s1)SNC(=NC(C)C)N2. The summed E-state index contributed by atoms with van der Waals surface area (Å²) < 4.78 is 4.32. The van der Waals surface area contributed by atoms with Crippen LogP contribution >= 0.6 is 23.3 Å². The third-order valence-electron chi connectivity index (χ3n) is 1.57. The van der Waals surface area contributed by atoms with Crippen molar-refractivity contribution in [1.29, 1.82) is 0 Å². The first-order valence-corrected chi connectivity index (χ1v) is 6.03. The van der Waals surface area contributed by atoms with Crippen molar-refractivity contribution in [2.45, 2.75) is 31.0 Å². The first kappa shape index (κ1) is 9.79. The Morgan fingerprint density at radius 1 is 1.43 bits per heavy atom. The predicted octanol–water partition coefficient (Wildman–Crippen LogP) is 2.24. The van der Waals surface area contributed by atoms with Crippen LogP contribution in [0.5, 0.6) is 0 Å². The number of hydrogen-bond acceptors (Lipinski definition) is 4. The van der Waals surface area contributed by atoms with E-state index < -0.39 is 0 Å². The van der Waals surface area contributed by atoms with Crippen LogP contribution in [0.25, 0.3) is 0 Å². The summed E-state index contributed by atoms with van der Waals surface area (Å²) in [5.41, 5.74) is 0. The van der Waals surface area contributed by atoms with E-state index in [-0.39, 0.29) is 6.04 Å². The summed E-state index contributed by atoms with van der Waals surface area (Å²) in [6.45, 7) is 6.09. The van der Waals surface area contributed by atoms with Gasteiger partial charge in [0.1, 0.15) is 4.21 Å². The molecule has 14 heavy (non-hydrogen) atoms. The number of thiazole rings is 1. The molecule has 2 N–H and O–H groups in total. The molecular weight excluding hydrogens is 216 g/mol. The first-order valence-electron chi connectivity index (χ1n) is 4.40. The number of nitrogens with one attached hydrogen (secondary N) is 2. The third-order valence-corrected chi connectivity index (χ3v) is 3.51. The van der Waals surface area contributed by atoms with Crippen molar-refractivity contribution < 1.29 is 0 Å². The van der Waals surface area contributed by atoms with Crippen LogP contribution < -0.4 is 10.0 Å². The summed E-state index contributed by atoms with van der Waals surface area (Å²) in [6.07, 6.45) is 0. The Kier molecular flexibility index (Phi) is 2.64. The highest BCUT2D eigenvalue weighted by molar-refractivity contribution is 8.00. The minimum absolute atomic E-state index is 0.284. The molecule has 2 rings (SSSR count). The number of fused-ring (bicyclic) bond motifs is 1. The summed E-state index contributed by atoms with van der Waals surface area (Å²) in [5, 5.41) is 4.24. The molecule has 2 heterocycles. The molecule has 4 nitrogen and oxygen atoms in total. The van der Waals surface area contributed by atoms with E-state index in [2.05, 4.69) is 20.0 Å². The largest absolute Gasteiger partial charge is 0.309 e. The summed E-state index contributed by atoms with van der Waals surface area (Å²) in [7, 11) is 0. The number of anilines is 1. The van der Waals surface area contributed by atoms with Crippen molar-refractivity contribution in [2.75, 3.05) is 5.32 Å². The minimum Gasteiger partial charge on any atom is -0.309 e. The number of aryl methyl sites for hydroxylation is 1. The summed E-state index contributed by atoms with van der Waals surface area (Å²) >= 11 is 3.26. The molecule has 6 heteroatoms. The molecule has 0 aliphatic carbocycles. The van der Waals surface area contributed by atoms with Crippen LogP contribution in [0.1, 0.15) is 18.9 Å². The third kappa shape index (κ3) is 2.01. The second kappa shape index (κ2) is 3.78. The molecule has 0 bridgehead atoms. The lowest BCUT2D eigenvalue weighted by molar-refractivity contribution is 0.830. The van der Waals surface area contributed by atoms with E-state index >= 15 is 0 Å². The van der Waals surface area contributed by atoms with E-state index in [1.54, 1.807) is 23.3 Å². The minimum atomic E-state index is 0.284. The van der Waals surface area contributed by atoms with Gasteiger partial charge in [0, 0.05) is 18.0 Å². The first-order chi connectivity index (χ1) is 6.65. The summed E-state index contributed by atoms with van der Waals surface area (Å²) in [4.78, 5) is 8.76. The van der Waals surface area contributed by atoms with Gasteiger partial charge < -0.3 is 5.32 Å². The van der Waals surface area contributed by atoms with Gasteiger partial charge in [0.2, 0.25) is 5.96 Å². The van der Waals surface area contributed by atoms with E-state index in [0.717, 1.165) is 16.8 Å². The Hall–Kier alpha value is -0.750. The highest BCUT2D eigenvalue weighted by atomic mass is 32.2. The maximum Gasteiger partial charge on any atom is 0.207 e. The second-order valence-electron chi connectivity index (χ2n) is 3.27. The maximum absolute atomic E-state index is 4.38. The van der Waals surface area contributed by atoms with Gasteiger partial charge in [-0.3, -0.25) is 4.72 Å². The van der Waals surface area contributed by atoms with Crippen molar-refractivity contribution in [3.05, 3.63) is 5.01 Å². The average molecular weight is 228 g/mol. The Balaban J connectivity index is 2.21. The molecule has 1 aliphatic heterocycles. The van der Waals surface area contributed by atoms with Gasteiger partial charge in [-0.15, -0.1) is 11.3 Å². The predicted molar refractivity (Wildman–Crippen MR) is 62.0 cm³/mol. The molecule has 0 aromatic carbocycles. The van der Waals surface area contributed by atoms with Crippen molar-refractivity contribution in [1.82, 2.24) is 9.71 Å². The summed E-state index contributed by atoms with van der Waals surface area (Å²) in [6, 6.07) is 0.284. The number of aromatic nitrogens is 1. The number of nitrogens with zero attached hydrogens (tertiary/aromatic N) is 2. The molecule has 0 saturated carbocycles. The van der Waals surface area contributed by atoms with Gasteiger partial charge in [-0.1, -0.05) is 0 Å². The molecule has 0 amide bonds. The van der Waals surface area contributed by atoms with Gasteiger partial charge in [0.25, 0.3) is 0 Å². The molecule has 0 unspecified atom stereocenters. The molecular formula is C8H12N4S2. The van der Waals surface area contributed by atoms with Gasteiger partial charge in [-0.25, -0.2) is 9.98 Å². The number of aliphatic imine (C=N–C) groups is 1. The Morgan fingerprint density at radius 3 is 2.93 bits per heavy atom. The normalized spacial score (nSPS) is 17.9. The molecule has 1 aliphatic rings. The smallest absolute Gasteiger partial charge is 0.207 e. The van der Waals surface area contributed by atoms with Crippen LogP contribution in [-0.2, 0) is 0 Å². The van der Waals surface area contributed by atoms with Gasteiger partial charge >= 0.3 is 0 Å². The molecule has 1 aromatic heterocycles. The highest BCUT2D eigenvalue weighted by Gasteiger charge is 2.17. The maximum atomic E-state index is 4.38. The van der Waals surface area contributed by atoms with Crippen molar-refractivity contribution >= 4 is 35.1 Å². The fourth-order valence-corrected chi connectivity index (χ4v) is 2.84. The molecule has 0 saturated heterocycles. The van der Waals surface area contributed by atoms with E-state index in [1.807, 2.05) is 20.8 Å². The van der Waals surface area contributed by atoms with Crippen LogP contribution in [0.3, 0.4) is 0 Å². The molecule has 0 fully saturated rings. The van der Waals surface area contributed by atoms with Gasteiger partial charge in [-0.2, -0.15) is 0 Å². The van der Waals surface area contributed by atoms with Crippen molar-refractivity contribution in [2.24, 2.45) is 4.99 Å². The molecule has 0 spiro atoms. The molecule has 76 valence electrons.